The van der Waals surface area contributed by atoms with Gasteiger partial charge >= 0.3 is 39.5 Å². The van der Waals surface area contributed by atoms with Crippen LogP contribution in [0.5, 0.6) is 0 Å². The molecule has 0 fully saturated rings. The van der Waals surface area contributed by atoms with Gasteiger partial charge in [-0.15, -0.1) is 0 Å². The number of rotatable bonds is 75. The highest BCUT2D eigenvalue weighted by Gasteiger charge is 2.30. The summed E-state index contributed by atoms with van der Waals surface area (Å²) in [5.74, 6) is -2.35. The summed E-state index contributed by atoms with van der Waals surface area (Å²) >= 11 is 0. The second-order valence-corrected chi connectivity index (χ2v) is 29.5. The summed E-state index contributed by atoms with van der Waals surface area (Å²) in [6, 6.07) is 0. The smallest absolute Gasteiger partial charge is 0.462 e. The van der Waals surface area contributed by atoms with Crippen LogP contribution in [0.2, 0.25) is 0 Å². The fourth-order valence-electron chi connectivity index (χ4n) is 10.2. The van der Waals surface area contributed by atoms with Gasteiger partial charge in [-0.2, -0.15) is 0 Å². The summed E-state index contributed by atoms with van der Waals surface area (Å²) in [4.78, 5) is 73.1. The van der Waals surface area contributed by atoms with E-state index in [4.69, 9.17) is 37.0 Å². The summed E-state index contributed by atoms with van der Waals surface area (Å²) in [6.07, 6.45) is 95.9. The van der Waals surface area contributed by atoms with Crippen LogP contribution >= 0.6 is 15.6 Å². The standard InChI is InChI=1S/C89H144O17P2/c1-5-9-13-17-21-25-29-33-37-39-41-43-47-51-55-59-63-67-71-75-88(93)105-84(79-99-86(91)73-69-65-61-57-53-49-45-35-31-27-23-19-15-11-7-3)81-103-107(95,96)101-77-83(90)78-102-108(97,98)104-82-85(80-100-87(92)74-70-66-62-58-54-50-46-36-32-28-24-20-16-12-8-4)106-89(94)76-72-68-64-60-56-52-48-44-42-40-38-34-30-26-22-18-14-10-6-2/h9-10,13-14,21-28,33-38,41-46,51-52,55-56,63,67,83-85,90H,5-8,11-12,15-20,29-32,39-40,47-50,53-54,57-62,64-66,68-82H2,1-4H3,(H,95,96)(H,97,98)/b13-9-,14-10-,25-21-,26-22-,27-23-,28-24-,37-33-,38-34-,43-41-,44-42-,45-35-,46-36-,55-51-,56-52-,67-63-/t83-,84-,85-/m1/s1. The van der Waals surface area contributed by atoms with Gasteiger partial charge in [-0.1, -0.05) is 281 Å². The van der Waals surface area contributed by atoms with E-state index in [0.717, 1.165) is 173 Å². The van der Waals surface area contributed by atoms with Crippen LogP contribution in [0.3, 0.4) is 0 Å². The monoisotopic (exact) mass is 1550 g/mol. The van der Waals surface area contributed by atoms with Gasteiger partial charge in [-0.3, -0.25) is 37.3 Å². The van der Waals surface area contributed by atoms with Crippen molar-refractivity contribution in [2.75, 3.05) is 39.6 Å². The molecule has 0 saturated carbocycles. The molecule has 17 nitrogen and oxygen atoms in total. The van der Waals surface area contributed by atoms with Crippen molar-refractivity contribution in [1.82, 2.24) is 0 Å². The summed E-state index contributed by atoms with van der Waals surface area (Å²) in [6.45, 7) is 4.43. The third-order valence-corrected chi connectivity index (χ3v) is 18.2. The van der Waals surface area contributed by atoms with Gasteiger partial charge in [-0.05, 0) is 173 Å². The molecular weight excluding hydrogens is 1400 g/mol. The predicted molar refractivity (Wildman–Crippen MR) is 445 cm³/mol. The fourth-order valence-corrected chi connectivity index (χ4v) is 11.7. The molecule has 0 rings (SSSR count). The maximum atomic E-state index is 13.1. The largest absolute Gasteiger partial charge is 0.472 e. The molecule has 108 heavy (non-hydrogen) atoms. The Bertz CT molecular complexity index is 2760. The Morgan fingerprint density at radius 3 is 0.806 bits per heavy atom. The van der Waals surface area contributed by atoms with E-state index >= 15 is 0 Å². The van der Waals surface area contributed by atoms with Crippen LogP contribution in [0.15, 0.2) is 182 Å². The van der Waals surface area contributed by atoms with E-state index < -0.39 is 97.5 Å². The molecule has 0 spiro atoms. The van der Waals surface area contributed by atoms with Crippen LogP contribution in [0, 0.1) is 0 Å². The van der Waals surface area contributed by atoms with E-state index in [0.29, 0.717) is 32.1 Å². The van der Waals surface area contributed by atoms with Crippen molar-refractivity contribution < 1.29 is 80.2 Å². The number of aliphatic hydroxyl groups excluding tert-OH is 1. The number of hydrogen-bond acceptors (Lipinski definition) is 15. The van der Waals surface area contributed by atoms with Crippen molar-refractivity contribution in [2.45, 2.75) is 316 Å². The van der Waals surface area contributed by atoms with Crippen molar-refractivity contribution in [3.8, 4) is 0 Å². The molecule has 2 unspecified atom stereocenters. The third kappa shape index (κ3) is 78.3. The number of aliphatic hydroxyl groups is 1. The van der Waals surface area contributed by atoms with Crippen molar-refractivity contribution in [3.63, 3.8) is 0 Å². The Hall–Kier alpha value is -5.84. The number of carbonyl (C=O) groups is 4. The molecule has 0 aliphatic rings. The molecule has 0 radical (unpaired) electrons. The van der Waals surface area contributed by atoms with Crippen molar-refractivity contribution >= 4 is 39.5 Å². The molecule has 0 bridgehead atoms. The van der Waals surface area contributed by atoms with E-state index in [1.54, 1.807) is 0 Å². The molecule has 0 aromatic rings. The highest BCUT2D eigenvalue weighted by Crippen LogP contribution is 2.45. The lowest BCUT2D eigenvalue weighted by atomic mass is 10.1. The summed E-state index contributed by atoms with van der Waals surface area (Å²) in [5.41, 5.74) is 0. The predicted octanol–water partition coefficient (Wildman–Crippen LogP) is 24.3. The SMILES string of the molecule is CC/C=C\C/C=C\C/C=C\C/C=C\C/C=C\C/C=C\CCC(=O)O[C@H](COC(=O)CCCCCCC/C=C\C/C=C\CCCCC)COP(=O)(O)OC[C@@H](O)COP(=O)(O)OC[C@@H](COC(=O)CCCCCCC/C=C\C/C=C\CCCCC)OC(=O)CCCCC/C=C\C/C=C\C/C=C\C/C=C\C/C=C\CC. The quantitative estimate of drug-likeness (QED) is 0.0169. The van der Waals surface area contributed by atoms with Gasteiger partial charge < -0.3 is 33.8 Å². The van der Waals surface area contributed by atoms with Crippen molar-refractivity contribution in [3.05, 3.63) is 182 Å². The Morgan fingerprint density at radius 1 is 0.269 bits per heavy atom. The first-order valence-electron chi connectivity index (χ1n) is 41.0. The molecule has 5 atom stereocenters. The molecule has 612 valence electrons. The minimum atomic E-state index is -5.01. The van der Waals surface area contributed by atoms with Gasteiger partial charge in [0.2, 0.25) is 0 Å². The Balaban J connectivity index is 5.52. The Kier molecular flexibility index (Phi) is 75.0. The fraction of sp³-hybridized carbons (Fsp3) is 0.618. The minimum absolute atomic E-state index is 0.0408. The minimum Gasteiger partial charge on any atom is -0.462 e. The Labute approximate surface area is 654 Å². The van der Waals surface area contributed by atoms with Crippen LogP contribution < -0.4 is 0 Å². The van der Waals surface area contributed by atoms with E-state index in [9.17, 15) is 43.2 Å². The molecule has 0 saturated heterocycles. The number of hydrogen-bond donors (Lipinski definition) is 3. The third-order valence-electron chi connectivity index (χ3n) is 16.3. The average molecular weight is 1550 g/mol. The van der Waals surface area contributed by atoms with Crippen LogP contribution in [-0.4, -0.2) is 96.7 Å². The first-order valence-corrected chi connectivity index (χ1v) is 44.0. The van der Waals surface area contributed by atoms with E-state index in [1.807, 2.05) is 18.2 Å². The molecule has 0 aromatic carbocycles. The normalized spacial score (nSPS) is 14.8. The molecule has 0 aliphatic carbocycles. The van der Waals surface area contributed by atoms with Gasteiger partial charge in [0.15, 0.2) is 12.2 Å². The number of unbranched alkanes of at least 4 members (excludes halogenated alkanes) is 19. The second-order valence-electron chi connectivity index (χ2n) is 26.6. The van der Waals surface area contributed by atoms with Gasteiger partial charge in [0.05, 0.1) is 26.4 Å². The van der Waals surface area contributed by atoms with Crippen molar-refractivity contribution in [2.24, 2.45) is 0 Å². The Morgan fingerprint density at radius 2 is 0.500 bits per heavy atom. The lowest BCUT2D eigenvalue weighted by Gasteiger charge is -2.21. The van der Waals surface area contributed by atoms with Crippen LogP contribution in [-0.2, 0) is 65.4 Å². The first-order chi connectivity index (χ1) is 52.7. The number of ether oxygens (including phenoxy) is 4. The first kappa shape index (κ1) is 102. The van der Waals surface area contributed by atoms with Gasteiger partial charge in [0, 0.05) is 25.7 Å². The topological polar surface area (TPSA) is 237 Å². The summed E-state index contributed by atoms with van der Waals surface area (Å²) in [5, 5.41) is 10.7. The van der Waals surface area contributed by atoms with E-state index in [-0.39, 0.29) is 25.7 Å². The highest BCUT2D eigenvalue weighted by atomic mass is 31.2. The number of phosphoric acid groups is 2. The maximum absolute atomic E-state index is 13.1. The van der Waals surface area contributed by atoms with Crippen molar-refractivity contribution in [1.29, 1.82) is 0 Å². The lowest BCUT2D eigenvalue weighted by Crippen LogP contribution is -2.30. The van der Waals surface area contributed by atoms with Gasteiger partial charge in [-0.25, -0.2) is 9.13 Å². The lowest BCUT2D eigenvalue weighted by molar-refractivity contribution is -0.161. The number of esters is 4. The van der Waals surface area contributed by atoms with Crippen LogP contribution in [0.4, 0.5) is 0 Å². The van der Waals surface area contributed by atoms with E-state index in [1.165, 1.54) is 38.5 Å². The summed E-state index contributed by atoms with van der Waals surface area (Å²) < 4.78 is 68.6. The zero-order valence-electron chi connectivity index (χ0n) is 66.9. The van der Waals surface area contributed by atoms with E-state index in [2.05, 4.69) is 192 Å². The molecule has 0 heterocycles. The molecule has 19 heteroatoms. The molecule has 3 N–H and O–H groups in total. The maximum Gasteiger partial charge on any atom is 0.472 e. The van der Waals surface area contributed by atoms with Crippen LogP contribution in [0.25, 0.3) is 0 Å². The average Bonchev–Trinajstić information content (AvgIpc) is 0.907. The zero-order chi connectivity index (χ0) is 78.9. The molecule has 0 aromatic heterocycles. The number of allylic oxidation sites excluding steroid dienone is 30. The van der Waals surface area contributed by atoms with Gasteiger partial charge in [0.1, 0.15) is 19.3 Å². The number of phosphoric ester groups is 2. The van der Waals surface area contributed by atoms with Crippen LogP contribution in [0.1, 0.15) is 297 Å². The zero-order valence-corrected chi connectivity index (χ0v) is 68.7. The second kappa shape index (κ2) is 79.3. The molecule has 0 amide bonds. The molecule has 0 aliphatic heterocycles. The number of carbonyl (C=O) groups excluding carboxylic acids is 4. The summed E-state index contributed by atoms with van der Waals surface area (Å²) in [7, 11) is -10.0. The highest BCUT2D eigenvalue weighted by molar-refractivity contribution is 7.47. The van der Waals surface area contributed by atoms with Gasteiger partial charge in [0.25, 0.3) is 0 Å². The molecular formula is C89H144O17P2.